The summed E-state index contributed by atoms with van der Waals surface area (Å²) in [5.74, 6) is -1.32. The van der Waals surface area contributed by atoms with Crippen LogP contribution in [0.25, 0.3) is 6.08 Å². The Labute approximate surface area is 209 Å². The molecule has 2 aliphatic heterocycles. The fourth-order valence-corrected chi connectivity index (χ4v) is 5.49. The third-order valence-corrected chi connectivity index (χ3v) is 7.91. The number of hydrogen-bond acceptors (Lipinski definition) is 5. The van der Waals surface area contributed by atoms with Gasteiger partial charge in [0.15, 0.2) is 0 Å². The number of aryl methyl sites for hydroxylation is 2. The molecule has 2 heterocycles. The van der Waals surface area contributed by atoms with Crippen molar-refractivity contribution in [1.29, 1.82) is 0 Å². The van der Waals surface area contributed by atoms with E-state index >= 15 is 4.39 Å². The van der Waals surface area contributed by atoms with E-state index in [1.165, 1.54) is 12.1 Å². The van der Waals surface area contributed by atoms with Gasteiger partial charge in [0.2, 0.25) is 5.91 Å². The largest absolute Gasteiger partial charge is 0.369 e. The van der Waals surface area contributed by atoms with Crippen molar-refractivity contribution in [2.24, 2.45) is 0 Å². The zero-order chi connectivity index (χ0) is 25.7. The van der Waals surface area contributed by atoms with Crippen LogP contribution in [0.1, 0.15) is 55.4 Å². The molecule has 1 unspecified atom stereocenters. The van der Waals surface area contributed by atoms with Gasteiger partial charge in [0.05, 0.1) is 4.91 Å². The number of rotatable bonds is 4. The molecule has 2 aromatic rings. The molecule has 0 aliphatic carbocycles. The van der Waals surface area contributed by atoms with Gasteiger partial charge < -0.3 is 10.2 Å². The molecule has 0 bridgehead atoms. The first-order valence-electron chi connectivity index (χ1n) is 11.6. The molecular formula is C27H30FN3O3S. The van der Waals surface area contributed by atoms with E-state index in [0.29, 0.717) is 5.69 Å². The molecule has 0 spiro atoms. The number of hydrogen-bond donors (Lipinski definition) is 1. The molecule has 6 nitrogen and oxygen atoms in total. The average Bonchev–Trinajstić information content (AvgIpc) is 3.03. The maximum absolute atomic E-state index is 15.1. The van der Waals surface area contributed by atoms with E-state index in [1.54, 1.807) is 12.1 Å². The van der Waals surface area contributed by atoms with Crippen LogP contribution in [0.4, 0.5) is 20.6 Å². The summed E-state index contributed by atoms with van der Waals surface area (Å²) in [6.07, 6.45) is 2.32. The Morgan fingerprint density at radius 1 is 1.20 bits per heavy atom. The van der Waals surface area contributed by atoms with E-state index < -0.39 is 29.4 Å². The summed E-state index contributed by atoms with van der Waals surface area (Å²) in [5.41, 5.74) is 4.71. The first-order chi connectivity index (χ1) is 16.4. The molecule has 184 valence electrons. The summed E-state index contributed by atoms with van der Waals surface area (Å²) < 4.78 is 15.1. The van der Waals surface area contributed by atoms with Crippen molar-refractivity contribution in [2.75, 3.05) is 23.8 Å². The summed E-state index contributed by atoms with van der Waals surface area (Å²) in [7, 11) is 1.96. The van der Waals surface area contributed by atoms with Crippen LogP contribution in [0.5, 0.6) is 0 Å². The lowest BCUT2D eigenvalue weighted by Gasteiger charge is -2.45. The lowest BCUT2D eigenvalue weighted by Crippen LogP contribution is -2.45. The van der Waals surface area contributed by atoms with E-state index in [9.17, 15) is 14.4 Å². The maximum Gasteiger partial charge on any atom is 0.294 e. The molecule has 1 fully saturated rings. The zero-order valence-corrected chi connectivity index (χ0v) is 21.7. The van der Waals surface area contributed by atoms with E-state index in [2.05, 4.69) is 31.0 Å². The Morgan fingerprint density at radius 2 is 1.91 bits per heavy atom. The smallest absolute Gasteiger partial charge is 0.294 e. The van der Waals surface area contributed by atoms with Crippen LogP contribution in [0.15, 0.2) is 35.2 Å². The maximum atomic E-state index is 15.1. The highest BCUT2D eigenvalue weighted by atomic mass is 32.2. The fourth-order valence-electron chi connectivity index (χ4n) is 4.66. The summed E-state index contributed by atoms with van der Waals surface area (Å²) >= 11 is 0.718. The number of carbonyl (C=O) groups excluding carboxylic acids is 3. The quantitative estimate of drug-likeness (QED) is 0.540. The number of carbonyl (C=O) groups is 3. The number of thioether (sulfide) groups is 1. The number of amides is 3. The number of halogens is 1. The summed E-state index contributed by atoms with van der Waals surface area (Å²) in [6.45, 7) is 9.87. The van der Waals surface area contributed by atoms with Crippen LogP contribution in [-0.4, -0.2) is 41.1 Å². The second-order valence-corrected chi connectivity index (χ2v) is 11.0. The van der Waals surface area contributed by atoms with Crippen molar-refractivity contribution in [2.45, 2.75) is 52.5 Å². The van der Waals surface area contributed by atoms with Gasteiger partial charge in [-0.15, -0.1) is 0 Å². The molecular weight excluding hydrogens is 465 g/mol. The second kappa shape index (κ2) is 9.15. The van der Waals surface area contributed by atoms with E-state index in [0.717, 1.165) is 45.5 Å². The highest BCUT2D eigenvalue weighted by molar-refractivity contribution is 8.18. The predicted molar refractivity (Wildman–Crippen MR) is 139 cm³/mol. The van der Waals surface area contributed by atoms with Gasteiger partial charge in [-0.1, -0.05) is 13.0 Å². The number of benzene rings is 2. The number of nitrogens with zero attached hydrogens (tertiary/aromatic N) is 2. The molecule has 4 rings (SSSR count). The Morgan fingerprint density at radius 3 is 2.60 bits per heavy atom. The van der Waals surface area contributed by atoms with Crippen LogP contribution in [-0.2, 0) is 9.59 Å². The molecule has 1 saturated heterocycles. The fraction of sp³-hybridized carbons (Fsp3) is 0.370. The Balaban J connectivity index is 1.53. The highest BCUT2D eigenvalue weighted by Crippen LogP contribution is 2.44. The predicted octanol–water partition coefficient (Wildman–Crippen LogP) is 5.84. The lowest BCUT2D eigenvalue weighted by atomic mass is 9.80. The zero-order valence-electron chi connectivity index (χ0n) is 20.9. The Kier molecular flexibility index (Phi) is 6.53. The molecule has 2 aromatic carbocycles. The third kappa shape index (κ3) is 4.85. The van der Waals surface area contributed by atoms with Gasteiger partial charge in [0.1, 0.15) is 12.4 Å². The minimum absolute atomic E-state index is 0.0964. The molecule has 3 amide bonds. The van der Waals surface area contributed by atoms with Crippen LogP contribution < -0.4 is 10.2 Å². The monoisotopic (exact) mass is 495 g/mol. The molecule has 2 aliphatic rings. The van der Waals surface area contributed by atoms with Crippen molar-refractivity contribution in [3.05, 3.63) is 63.3 Å². The highest BCUT2D eigenvalue weighted by Gasteiger charge is 2.38. The standard InChI is InChI=1S/C27H30FN3O3S/c1-15-7-8-19(9-16(15)2)29-24(32)14-31-25(33)23(35-26(31)34)11-18-10-20-17(3)13-27(4,5)30(6)22(20)12-21(18)28/h7-12,17H,13-14H2,1-6H3,(H,29,32)/b23-11+. The second-order valence-electron chi connectivity index (χ2n) is 10.0. The van der Waals surface area contributed by atoms with E-state index in [-0.39, 0.29) is 21.9 Å². The van der Waals surface area contributed by atoms with E-state index in [4.69, 9.17) is 0 Å². The average molecular weight is 496 g/mol. The number of nitrogens with one attached hydrogen (secondary N) is 1. The van der Waals surface area contributed by atoms with Crippen LogP contribution in [0, 0.1) is 19.7 Å². The van der Waals surface area contributed by atoms with Crippen LogP contribution >= 0.6 is 11.8 Å². The van der Waals surface area contributed by atoms with Gasteiger partial charge in [-0.3, -0.25) is 19.3 Å². The molecule has 0 saturated carbocycles. The van der Waals surface area contributed by atoms with Crippen LogP contribution in [0.2, 0.25) is 0 Å². The van der Waals surface area contributed by atoms with Crippen molar-refractivity contribution >= 4 is 46.3 Å². The Bertz CT molecular complexity index is 1270. The molecule has 1 N–H and O–H groups in total. The van der Waals surface area contributed by atoms with Gasteiger partial charge in [0, 0.05) is 29.5 Å². The number of fused-ring (bicyclic) bond motifs is 1. The normalized spacial score (nSPS) is 20.4. The lowest BCUT2D eigenvalue weighted by molar-refractivity contribution is -0.127. The van der Waals surface area contributed by atoms with Crippen molar-refractivity contribution < 1.29 is 18.8 Å². The summed E-state index contributed by atoms with van der Waals surface area (Å²) in [4.78, 5) is 41.0. The SMILES string of the molecule is Cc1ccc(NC(=O)CN2C(=O)S/C(=C/c3cc4c(cc3F)N(C)C(C)(C)CC4C)C2=O)cc1C. The van der Waals surface area contributed by atoms with Crippen LogP contribution in [0.3, 0.4) is 0 Å². The molecule has 1 atom stereocenters. The van der Waals surface area contributed by atoms with Crippen molar-refractivity contribution in [3.8, 4) is 0 Å². The minimum Gasteiger partial charge on any atom is -0.369 e. The first-order valence-corrected chi connectivity index (χ1v) is 12.4. The van der Waals surface area contributed by atoms with Gasteiger partial charge in [-0.25, -0.2) is 4.39 Å². The summed E-state index contributed by atoms with van der Waals surface area (Å²) in [6, 6.07) is 8.76. The van der Waals surface area contributed by atoms with Gasteiger partial charge in [0.25, 0.3) is 11.1 Å². The van der Waals surface area contributed by atoms with Crippen molar-refractivity contribution in [3.63, 3.8) is 0 Å². The van der Waals surface area contributed by atoms with Gasteiger partial charge in [-0.05, 0) is 98.8 Å². The molecule has 8 heteroatoms. The topological polar surface area (TPSA) is 69.7 Å². The third-order valence-electron chi connectivity index (χ3n) is 7.00. The molecule has 35 heavy (non-hydrogen) atoms. The van der Waals surface area contributed by atoms with Gasteiger partial charge in [-0.2, -0.15) is 0 Å². The minimum atomic E-state index is -0.598. The number of anilines is 2. The van der Waals surface area contributed by atoms with E-state index in [1.807, 2.05) is 33.0 Å². The molecule has 0 aromatic heterocycles. The Hall–Kier alpha value is -3.13. The first kappa shape index (κ1) is 25.0. The number of imide groups is 1. The molecule has 0 radical (unpaired) electrons. The summed E-state index contributed by atoms with van der Waals surface area (Å²) in [5, 5.41) is 2.17. The van der Waals surface area contributed by atoms with Gasteiger partial charge >= 0.3 is 0 Å². The van der Waals surface area contributed by atoms with Crippen molar-refractivity contribution in [1.82, 2.24) is 4.90 Å².